The fourth-order valence-corrected chi connectivity index (χ4v) is 1.26. The van der Waals surface area contributed by atoms with Crippen molar-refractivity contribution in [1.29, 1.82) is 0 Å². The maximum absolute atomic E-state index is 13.3. The summed E-state index contributed by atoms with van der Waals surface area (Å²) in [7, 11) is 1.19. The van der Waals surface area contributed by atoms with Crippen molar-refractivity contribution in [2.45, 2.75) is 18.1 Å². The molecule has 0 heterocycles. The summed E-state index contributed by atoms with van der Waals surface area (Å²) >= 11 is 0. The highest BCUT2D eigenvalue weighted by Crippen LogP contribution is 2.43. The standard InChI is InChI=1S/C10H9F6NO.ClH/c1-18-5-2-3-6(7(11)4-5)8(17)9(12,13)10(14,15)16;/h2-4,8H,17H2,1H3;1H/t8-;/m0./s1. The molecule has 9 heteroatoms. The van der Waals surface area contributed by atoms with E-state index in [0.29, 0.717) is 6.07 Å². The predicted molar refractivity (Wildman–Crippen MR) is 58.1 cm³/mol. The lowest BCUT2D eigenvalue weighted by molar-refractivity contribution is -0.291. The van der Waals surface area contributed by atoms with Crippen LogP contribution in [0.3, 0.4) is 0 Å². The van der Waals surface area contributed by atoms with Crippen molar-refractivity contribution < 1.29 is 31.1 Å². The molecular formula is C10H10ClF6NO. The lowest BCUT2D eigenvalue weighted by Gasteiger charge is -2.26. The van der Waals surface area contributed by atoms with Crippen molar-refractivity contribution in [1.82, 2.24) is 0 Å². The van der Waals surface area contributed by atoms with Gasteiger partial charge in [-0.3, -0.25) is 0 Å². The van der Waals surface area contributed by atoms with Crippen LogP contribution in [0.15, 0.2) is 18.2 Å². The van der Waals surface area contributed by atoms with Gasteiger partial charge in [0, 0.05) is 11.6 Å². The van der Waals surface area contributed by atoms with Crippen LogP contribution in [0.5, 0.6) is 5.75 Å². The smallest absolute Gasteiger partial charge is 0.455 e. The van der Waals surface area contributed by atoms with Crippen LogP contribution in [-0.2, 0) is 0 Å². The Morgan fingerprint density at radius 1 is 1.16 bits per heavy atom. The molecule has 0 saturated carbocycles. The number of ether oxygens (including phenoxy) is 1. The molecule has 2 nitrogen and oxygen atoms in total. The Hall–Kier alpha value is -1.15. The third-order valence-corrected chi connectivity index (χ3v) is 2.31. The lowest BCUT2D eigenvalue weighted by Crippen LogP contribution is -2.46. The average Bonchev–Trinajstić information content (AvgIpc) is 2.26. The zero-order chi connectivity index (χ0) is 14.1. The van der Waals surface area contributed by atoms with Crippen molar-refractivity contribution in [3.05, 3.63) is 29.6 Å². The molecule has 1 aromatic rings. The van der Waals surface area contributed by atoms with Crippen molar-refractivity contribution in [3.63, 3.8) is 0 Å². The Morgan fingerprint density at radius 2 is 1.68 bits per heavy atom. The molecular weight excluding hydrogens is 300 g/mol. The van der Waals surface area contributed by atoms with Gasteiger partial charge in [0.15, 0.2) is 0 Å². The maximum atomic E-state index is 13.3. The summed E-state index contributed by atoms with van der Waals surface area (Å²) < 4.78 is 80.0. The zero-order valence-corrected chi connectivity index (χ0v) is 10.3. The van der Waals surface area contributed by atoms with E-state index in [2.05, 4.69) is 4.74 Å². The van der Waals surface area contributed by atoms with E-state index in [9.17, 15) is 26.3 Å². The van der Waals surface area contributed by atoms with E-state index in [4.69, 9.17) is 5.73 Å². The van der Waals surface area contributed by atoms with E-state index >= 15 is 0 Å². The molecule has 0 aliphatic carbocycles. The van der Waals surface area contributed by atoms with Crippen molar-refractivity contribution >= 4 is 12.4 Å². The number of nitrogens with two attached hydrogens (primary N) is 1. The van der Waals surface area contributed by atoms with Crippen LogP contribution >= 0.6 is 12.4 Å². The van der Waals surface area contributed by atoms with Gasteiger partial charge in [0.05, 0.1) is 7.11 Å². The fraction of sp³-hybridized carbons (Fsp3) is 0.400. The summed E-state index contributed by atoms with van der Waals surface area (Å²) in [4.78, 5) is 0. The molecule has 1 atom stereocenters. The first kappa shape index (κ1) is 17.8. The van der Waals surface area contributed by atoms with Gasteiger partial charge in [-0.1, -0.05) is 6.07 Å². The van der Waals surface area contributed by atoms with Gasteiger partial charge in [0.2, 0.25) is 0 Å². The highest BCUT2D eigenvalue weighted by molar-refractivity contribution is 5.85. The van der Waals surface area contributed by atoms with E-state index < -0.39 is 29.5 Å². The minimum absolute atomic E-state index is 0. The molecule has 0 bridgehead atoms. The molecule has 0 saturated heterocycles. The summed E-state index contributed by atoms with van der Waals surface area (Å²) in [5, 5.41) is 0. The normalized spacial score (nSPS) is 13.7. The molecule has 0 aliphatic heterocycles. The van der Waals surface area contributed by atoms with Crippen molar-refractivity contribution in [2.24, 2.45) is 5.73 Å². The number of alkyl halides is 5. The average molecular weight is 310 g/mol. The summed E-state index contributed by atoms with van der Waals surface area (Å²) in [6.45, 7) is 0. The molecule has 0 radical (unpaired) electrons. The SMILES string of the molecule is COc1ccc([C@H](N)C(F)(F)C(F)(F)F)c(F)c1.Cl. The predicted octanol–water partition coefficient (Wildman–Crippen LogP) is 3.45. The van der Waals surface area contributed by atoms with Crippen LogP contribution in [0.25, 0.3) is 0 Å². The molecule has 0 fully saturated rings. The van der Waals surface area contributed by atoms with Gasteiger partial charge in [0.25, 0.3) is 0 Å². The first-order chi connectivity index (χ1) is 8.11. The fourth-order valence-electron chi connectivity index (χ4n) is 1.26. The maximum Gasteiger partial charge on any atom is 0.455 e. The van der Waals surface area contributed by atoms with E-state index in [-0.39, 0.29) is 18.2 Å². The Kier molecular flexibility index (Phi) is 5.52. The number of halogens is 7. The summed E-state index contributed by atoms with van der Waals surface area (Å²) in [5.41, 5.74) is 3.87. The molecule has 1 rings (SSSR count). The van der Waals surface area contributed by atoms with Gasteiger partial charge in [-0.15, -0.1) is 12.4 Å². The van der Waals surface area contributed by atoms with E-state index in [1.165, 1.54) is 7.11 Å². The Labute approximate surface area is 110 Å². The van der Waals surface area contributed by atoms with Crippen LogP contribution in [0.1, 0.15) is 11.6 Å². The molecule has 0 aromatic heterocycles. The third kappa shape index (κ3) is 3.44. The second-order valence-electron chi connectivity index (χ2n) is 3.49. The van der Waals surface area contributed by atoms with Crippen LogP contribution < -0.4 is 10.5 Å². The van der Waals surface area contributed by atoms with E-state index in [1.807, 2.05) is 0 Å². The van der Waals surface area contributed by atoms with Crippen LogP contribution in [0.2, 0.25) is 0 Å². The van der Waals surface area contributed by atoms with Gasteiger partial charge < -0.3 is 10.5 Å². The molecule has 0 aliphatic rings. The van der Waals surface area contributed by atoms with Gasteiger partial charge in [-0.25, -0.2) is 4.39 Å². The van der Waals surface area contributed by atoms with Gasteiger partial charge in [-0.2, -0.15) is 22.0 Å². The van der Waals surface area contributed by atoms with E-state index in [0.717, 1.165) is 12.1 Å². The number of hydrogen-bond acceptors (Lipinski definition) is 2. The highest BCUT2D eigenvalue weighted by atomic mass is 35.5. The highest BCUT2D eigenvalue weighted by Gasteiger charge is 2.62. The Morgan fingerprint density at radius 3 is 2.05 bits per heavy atom. The summed E-state index contributed by atoms with van der Waals surface area (Å²) in [6, 6.07) is -0.353. The Balaban J connectivity index is 0.00000324. The molecule has 1 aromatic carbocycles. The number of rotatable bonds is 3. The third-order valence-electron chi connectivity index (χ3n) is 2.31. The van der Waals surface area contributed by atoms with Crippen LogP contribution in [-0.4, -0.2) is 19.2 Å². The molecule has 110 valence electrons. The molecule has 0 amide bonds. The van der Waals surface area contributed by atoms with Crippen LogP contribution in [0.4, 0.5) is 26.3 Å². The van der Waals surface area contributed by atoms with Crippen molar-refractivity contribution in [3.8, 4) is 5.75 Å². The van der Waals surface area contributed by atoms with Crippen molar-refractivity contribution in [2.75, 3.05) is 7.11 Å². The second-order valence-corrected chi connectivity index (χ2v) is 3.49. The van der Waals surface area contributed by atoms with E-state index in [1.54, 1.807) is 0 Å². The summed E-state index contributed by atoms with van der Waals surface area (Å²) in [6.07, 6.45) is -5.85. The van der Waals surface area contributed by atoms with Gasteiger partial charge >= 0.3 is 12.1 Å². The first-order valence-electron chi connectivity index (χ1n) is 4.64. The number of benzene rings is 1. The molecule has 19 heavy (non-hydrogen) atoms. The number of methoxy groups -OCH3 is 1. The topological polar surface area (TPSA) is 35.2 Å². The monoisotopic (exact) mass is 309 g/mol. The summed E-state index contributed by atoms with van der Waals surface area (Å²) in [5.74, 6) is -6.52. The zero-order valence-electron chi connectivity index (χ0n) is 9.47. The lowest BCUT2D eigenvalue weighted by atomic mass is 10.0. The molecule has 0 spiro atoms. The molecule has 0 unspecified atom stereocenters. The largest absolute Gasteiger partial charge is 0.497 e. The van der Waals surface area contributed by atoms with Gasteiger partial charge in [-0.05, 0) is 6.07 Å². The first-order valence-corrected chi connectivity index (χ1v) is 4.64. The number of hydrogen-bond donors (Lipinski definition) is 1. The second kappa shape index (κ2) is 5.87. The van der Waals surface area contributed by atoms with Gasteiger partial charge in [0.1, 0.15) is 17.6 Å². The molecule has 2 N–H and O–H groups in total. The Bertz CT molecular complexity index is 437. The quantitative estimate of drug-likeness (QED) is 0.868. The minimum Gasteiger partial charge on any atom is -0.497 e. The minimum atomic E-state index is -5.85. The van der Waals surface area contributed by atoms with Crippen LogP contribution in [0, 0.1) is 5.82 Å².